The Morgan fingerprint density at radius 2 is 2.19 bits per heavy atom. The molecule has 0 spiro atoms. The average Bonchev–Trinajstić information content (AvgIpc) is 2.97. The van der Waals surface area contributed by atoms with Gasteiger partial charge < -0.3 is 15.1 Å². The number of anilines is 1. The van der Waals surface area contributed by atoms with Crippen LogP contribution in [0.25, 0.3) is 0 Å². The summed E-state index contributed by atoms with van der Waals surface area (Å²) < 4.78 is 5.00. The molecular weight excluding hydrogens is 274 g/mol. The van der Waals surface area contributed by atoms with Crippen LogP contribution in [0.4, 0.5) is 11.4 Å². The van der Waals surface area contributed by atoms with E-state index in [9.17, 15) is 14.9 Å². The lowest BCUT2D eigenvalue weighted by Crippen LogP contribution is -2.23. The van der Waals surface area contributed by atoms with E-state index in [1.807, 2.05) is 11.8 Å². The SMILES string of the molecule is CCN(Cc1ccoc1)c1ccc(C(N)=O)cc1[N+](=O)[O-]. The zero-order chi connectivity index (χ0) is 15.4. The van der Waals surface area contributed by atoms with Crippen LogP contribution in [0.15, 0.2) is 41.2 Å². The Morgan fingerprint density at radius 1 is 1.43 bits per heavy atom. The summed E-state index contributed by atoms with van der Waals surface area (Å²) in [5, 5.41) is 11.2. The smallest absolute Gasteiger partial charge is 0.293 e. The fourth-order valence-electron chi connectivity index (χ4n) is 2.06. The number of amides is 1. The number of hydrogen-bond donors (Lipinski definition) is 1. The largest absolute Gasteiger partial charge is 0.472 e. The Labute approximate surface area is 121 Å². The van der Waals surface area contributed by atoms with Crippen LogP contribution in [0.5, 0.6) is 0 Å². The minimum absolute atomic E-state index is 0.116. The van der Waals surface area contributed by atoms with Gasteiger partial charge in [-0.05, 0) is 25.1 Å². The van der Waals surface area contributed by atoms with Crippen LogP contribution in [-0.2, 0) is 6.54 Å². The first-order chi connectivity index (χ1) is 10.0. The Morgan fingerprint density at radius 3 is 2.71 bits per heavy atom. The molecule has 0 aliphatic carbocycles. The van der Waals surface area contributed by atoms with Gasteiger partial charge in [0.1, 0.15) is 5.69 Å². The van der Waals surface area contributed by atoms with Crippen LogP contribution in [0.2, 0.25) is 0 Å². The number of carbonyl (C=O) groups excluding carboxylic acids is 1. The standard InChI is InChI=1S/C14H15N3O4/c1-2-16(8-10-5-6-21-9-10)12-4-3-11(14(15)18)7-13(12)17(19)20/h3-7,9H,2,8H2,1H3,(H2,15,18). The van der Waals surface area contributed by atoms with E-state index in [-0.39, 0.29) is 11.3 Å². The molecule has 0 fully saturated rings. The van der Waals surface area contributed by atoms with Crippen LogP contribution in [0.1, 0.15) is 22.8 Å². The maximum absolute atomic E-state index is 11.2. The van der Waals surface area contributed by atoms with E-state index in [0.717, 1.165) is 5.56 Å². The third-order valence-corrected chi connectivity index (χ3v) is 3.13. The molecule has 110 valence electrons. The molecule has 0 saturated carbocycles. The highest BCUT2D eigenvalue weighted by atomic mass is 16.6. The van der Waals surface area contributed by atoms with Gasteiger partial charge in [0.25, 0.3) is 5.69 Å². The molecule has 1 aromatic heterocycles. The number of hydrogen-bond acceptors (Lipinski definition) is 5. The molecule has 7 nitrogen and oxygen atoms in total. The van der Waals surface area contributed by atoms with Crippen LogP contribution in [0.3, 0.4) is 0 Å². The zero-order valence-corrected chi connectivity index (χ0v) is 11.5. The first-order valence-corrected chi connectivity index (χ1v) is 6.37. The summed E-state index contributed by atoms with van der Waals surface area (Å²) in [5.74, 6) is -0.692. The van der Waals surface area contributed by atoms with E-state index in [0.29, 0.717) is 18.8 Å². The van der Waals surface area contributed by atoms with E-state index in [1.54, 1.807) is 24.7 Å². The van der Waals surface area contributed by atoms with Crippen LogP contribution in [0, 0.1) is 10.1 Å². The van der Waals surface area contributed by atoms with Crippen LogP contribution in [-0.4, -0.2) is 17.4 Å². The Balaban J connectivity index is 2.40. The molecular formula is C14H15N3O4. The molecule has 0 radical (unpaired) electrons. The Kier molecular flexibility index (Phi) is 4.22. The van der Waals surface area contributed by atoms with Gasteiger partial charge in [0.05, 0.1) is 17.4 Å². The highest BCUT2D eigenvalue weighted by Crippen LogP contribution is 2.30. The molecule has 2 aromatic rings. The van der Waals surface area contributed by atoms with Crippen molar-refractivity contribution < 1.29 is 14.1 Å². The number of primary amides is 1. The van der Waals surface area contributed by atoms with Crippen molar-refractivity contribution in [3.8, 4) is 0 Å². The summed E-state index contributed by atoms with van der Waals surface area (Å²) in [6.45, 7) is 2.94. The fourth-order valence-corrected chi connectivity index (χ4v) is 2.06. The first kappa shape index (κ1) is 14.6. The topological polar surface area (TPSA) is 103 Å². The minimum Gasteiger partial charge on any atom is -0.472 e. The lowest BCUT2D eigenvalue weighted by Gasteiger charge is -2.22. The van der Waals surface area contributed by atoms with Crippen molar-refractivity contribution in [3.05, 3.63) is 58.0 Å². The van der Waals surface area contributed by atoms with Crippen molar-refractivity contribution in [3.63, 3.8) is 0 Å². The maximum Gasteiger partial charge on any atom is 0.293 e. The van der Waals surface area contributed by atoms with E-state index in [2.05, 4.69) is 0 Å². The van der Waals surface area contributed by atoms with Gasteiger partial charge in [0.15, 0.2) is 0 Å². The van der Waals surface area contributed by atoms with Crippen molar-refractivity contribution in [2.45, 2.75) is 13.5 Å². The molecule has 0 saturated heterocycles. The number of carbonyl (C=O) groups is 1. The first-order valence-electron chi connectivity index (χ1n) is 6.37. The van der Waals surface area contributed by atoms with Gasteiger partial charge in [-0.1, -0.05) is 0 Å². The summed E-state index contributed by atoms with van der Waals surface area (Å²) >= 11 is 0. The highest BCUT2D eigenvalue weighted by molar-refractivity contribution is 5.94. The van der Waals surface area contributed by atoms with Crippen molar-refractivity contribution in [1.29, 1.82) is 0 Å². The predicted molar refractivity (Wildman–Crippen MR) is 77.0 cm³/mol. The second kappa shape index (κ2) is 6.08. The van der Waals surface area contributed by atoms with Gasteiger partial charge in [-0.2, -0.15) is 0 Å². The number of nitro groups is 1. The third-order valence-electron chi connectivity index (χ3n) is 3.13. The zero-order valence-electron chi connectivity index (χ0n) is 11.5. The summed E-state index contributed by atoms with van der Waals surface area (Å²) in [6, 6.07) is 6.03. The summed E-state index contributed by atoms with van der Waals surface area (Å²) in [7, 11) is 0. The number of furan rings is 1. The van der Waals surface area contributed by atoms with Gasteiger partial charge >= 0.3 is 0 Å². The lowest BCUT2D eigenvalue weighted by molar-refractivity contribution is -0.384. The molecule has 1 heterocycles. The van der Waals surface area contributed by atoms with Crippen molar-refractivity contribution >= 4 is 17.3 Å². The quantitative estimate of drug-likeness (QED) is 0.649. The molecule has 2 N–H and O–H groups in total. The highest BCUT2D eigenvalue weighted by Gasteiger charge is 2.21. The second-order valence-corrected chi connectivity index (χ2v) is 4.47. The molecule has 1 amide bonds. The van der Waals surface area contributed by atoms with Gasteiger partial charge in [-0.25, -0.2) is 0 Å². The molecule has 21 heavy (non-hydrogen) atoms. The van der Waals surface area contributed by atoms with Gasteiger partial charge in [0, 0.05) is 30.3 Å². The van der Waals surface area contributed by atoms with E-state index in [4.69, 9.17) is 10.2 Å². The van der Waals surface area contributed by atoms with Crippen molar-refractivity contribution in [1.82, 2.24) is 0 Å². The van der Waals surface area contributed by atoms with Crippen molar-refractivity contribution in [2.75, 3.05) is 11.4 Å². The number of nitrogens with zero attached hydrogens (tertiary/aromatic N) is 2. The molecule has 2 rings (SSSR count). The fraction of sp³-hybridized carbons (Fsp3) is 0.214. The van der Waals surface area contributed by atoms with E-state index in [1.165, 1.54) is 12.1 Å². The molecule has 0 aliphatic heterocycles. The second-order valence-electron chi connectivity index (χ2n) is 4.47. The molecule has 0 aliphatic rings. The minimum atomic E-state index is -0.692. The molecule has 1 aromatic carbocycles. The number of nitro benzene ring substituents is 1. The van der Waals surface area contributed by atoms with Crippen LogP contribution < -0.4 is 10.6 Å². The number of rotatable bonds is 6. The van der Waals surface area contributed by atoms with Crippen LogP contribution >= 0.6 is 0 Å². The number of benzene rings is 1. The maximum atomic E-state index is 11.2. The molecule has 0 unspecified atom stereocenters. The van der Waals surface area contributed by atoms with E-state index >= 15 is 0 Å². The van der Waals surface area contributed by atoms with Crippen molar-refractivity contribution in [2.24, 2.45) is 5.73 Å². The monoisotopic (exact) mass is 289 g/mol. The predicted octanol–water partition coefficient (Wildman–Crippen LogP) is 2.31. The summed E-state index contributed by atoms with van der Waals surface area (Å²) in [5.41, 5.74) is 6.48. The average molecular weight is 289 g/mol. The van der Waals surface area contributed by atoms with Gasteiger partial charge in [-0.3, -0.25) is 14.9 Å². The normalized spacial score (nSPS) is 10.3. The summed E-state index contributed by atoms with van der Waals surface area (Å²) in [4.78, 5) is 23.7. The van der Waals surface area contributed by atoms with Gasteiger partial charge in [-0.15, -0.1) is 0 Å². The van der Waals surface area contributed by atoms with E-state index < -0.39 is 10.8 Å². The Bertz CT molecular complexity index is 652. The summed E-state index contributed by atoms with van der Waals surface area (Å²) in [6.07, 6.45) is 3.14. The Hall–Kier alpha value is -2.83. The molecule has 0 atom stereocenters. The molecule has 7 heteroatoms. The molecule has 0 bridgehead atoms. The lowest BCUT2D eigenvalue weighted by atomic mass is 10.1. The third kappa shape index (κ3) is 3.19. The number of nitrogens with two attached hydrogens (primary N) is 1. The van der Waals surface area contributed by atoms with Gasteiger partial charge in [0.2, 0.25) is 5.91 Å².